The highest BCUT2D eigenvalue weighted by molar-refractivity contribution is 7.92. The van der Waals surface area contributed by atoms with Crippen molar-refractivity contribution in [2.75, 3.05) is 4.72 Å². The van der Waals surface area contributed by atoms with Crippen LogP contribution >= 0.6 is 11.6 Å². The Hall–Kier alpha value is -3.69. The summed E-state index contributed by atoms with van der Waals surface area (Å²) in [6.45, 7) is 3.23. The van der Waals surface area contributed by atoms with Gasteiger partial charge in [0.1, 0.15) is 0 Å². The summed E-state index contributed by atoms with van der Waals surface area (Å²) in [6, 6.07) is 18.2. The number of carbonyl (C=O) groups excluding carboxylic acids is 1. The molecule has 3 aromatic carbocycles. The molecule has 0 bridgehead atoms. The van der Waals surface area contributed by atoms with Crippen LogP contribution in [-0.4, -0.2) is 24.6 Å². The second kappa shape index (κ2) is 9.66. The first kappa shape index (κ1) is 23.5. The summed E-state index contributed by atoms with van der Waals surface area (Å²) in [6.07, 6.45) is 0. The van der Waals surface area contributed by atoms with Crippen LogP contribution in [0.1, 0.15) is 27.4 Å². The highest BCUT2D eigenvalue weighted by Crippen LogP contribution is 2.24. The fourth-order valence-corrected chi connectivity index (χ4v) is 4.71. The van der Waals surface area contributed by atoms with E-state index in [9.17, 15) is 13.2 Å². The van der Waals surface area contributed by atoms with E-state index in [1.54, 1.807) is 62.4 Å². The Labute approximate surface area is 201 Å². The summed E-state index contributed by atoms with van der Waals surface area (Å²) < 4.78 is 39.3. The molecule has 1 N–H and O–H groups in total. The first-order chi connectivity index (χ1) is 16.2. The van der Waals surface area contributed by atoms with Crippen molar-refractivity contribution < 1.29 is 22.4 Å². The summed E-state index contributed by atoms with van der Waals surface area (Å²) in [5, 5.41) is 8.39. The molecule has 1 heterocycles. The standard InChI is InChI=1S/C24H20ClN3O5S/c1-15-7-8-16(2)21(13-15)34(30,31)28-20-6-4-3-5-19(20)24(29)32-14-22-26-27-23(33-22)17-9-11-18(25)12-10-17/h3-13,28H,14H2,1-2H3. The second-order valence-corrected chi connectivity index (χ2v) is 9.59. The van der Waals surface area contributed by atoms with Crippen molar-refractivity contribution in [1.82, 2.24) is 10.2 Å². The van der Waals surface area contributed by atoms with Crippen molar-refractivity contribution in [3.8, 4) is 11.5 Å². The second-order valence-electron chi connectivity index (χ2n) is 7.50. The largest absolute Gasteiger partial charge is 0.452 e. The number of aromatic nitrogens is 2. The Morgan fingerprint density at radius 3 is 2.53 bits per heavy atom. The molecule has 0 radical (unpaired) electrons. The van der Waals surface area contributed by atoms with E-state index < -0.39 is 16.0 Å². The van der Waals surface area contributed by atoms with Gasteiger partial charge in [-0.1, -0.05) is 35.9 Å². The van der Waals surface area contributed by atoms with Crippen LogP contribution < -0.4 is 4.72 Å². The maximum atomic E-state index is 13.0. The average Bonchev–Trinajstić information content (AvgIpc) is 3.28. The number of para-hydroxylation sites is 1. The normalized spacial score (nSPS) is 11.3. The number of esters is 1. The van der Waals surface area contributed by atoms with Gasteiger partial charge in [-0.3, -0.25) is 4.72 Å². The number of carbonyl (C=O) groups is 1. The minimum atomic E-state index is -3.93. The van der Waals surface area contributed by atoms with Gasteiger partial charge in [0.2, 0.25) is 5.89 Å². The Morgan fingerprint density at radius 1 is 1.03 bits per heavy atom. The molecule has 10 heteroatoms. The Morgan fingerprint density at radius 2 is 1.76 bits per heavy atom. The highest BCUT2D eigenvalue weighted by atomic mass is 35.5. The Kier molecular flexibility index (Phi) is 6.67. The SMILES string of the molecule is Cc1ccc(C)c(S(=O)(=O)Nc2ccccc2C(=O)OCc2nnc(-c3ccc(Cl)cc3)o2)c1. The lowest BCUT2D eigenvalue weighted by atomic mass is 10.2. The van der Waals surface area contributed by atoms with Crippen molar-refractivity contribution >= 4 is 33.3 Å². The molecule has 174 valence electrons. The van der Waals surface area contributed by atoms with Gasteiger partial charge in [0, 0.05) is 10.6 Å². The maximum Gasteiger partial charge on any atom is 0.340 e. The third-order valence-electron chi connectivity index (χ3n) is 4.91. The van der Waals surface area contributed by atoms with Crippen LogP contribution in [0.25, 0.3) is 11.5 Å². The van der Waals surface area contributed by atoms with Crippen LogP contribution in [0.15, 0.2) is 76.0 Å². The third-order valence-corrected chi connectivity index (χ3v) is 6.67. The topological polar surface area (TPSA) is 111 Å². The van der Waals surface area contributed by atoms with E-state index in [0.717, 1.165) is 5.56 Å². The van der Waals surface area contributed by atoms with Crippen LogP contribution in [0, 0.1) is 13.8 Å². The third kappa shape index (κ3) is 5.27. The molecule has 8 nitrogen and oxygen atoms in total. The van der Waals surface area contributed by atoms with Crippen LogP contribution in [0.3, 0.4) is 0 Å². The summed E-state index contributed by atoms with van der Waals surface area (Å²) in [7, 11) is -3.93. The van der Waals surface area contributed by atoms with Crippen molar-refractivity contribution in [3.63, 3.8) is 0 Å². The van der Waals surface area contributed by atoms with Crippen LogP contribution in [0.2, 0.25) is 5.02 Å². The number of ether oxygens (including phenoxy) is 1. The number of sulfonamides is 1. The lowest BCUT2D eigenvalue weighted by Gasteiger charge is -2.13. The zero-order chi connectivity index (χ0) is 24.3. The zero-order valence-corrected chi connectivity index (χ0v) is 19.9. The van der Waals surface area contributed by atoms with Gasteiger partial charge in [0.25, 0.3) is 15.9 Å². The first-order valence-corrected chi connectivity index (χ1v) is 12.0. The van der Waals surface area contributed by atoms with Crippen molar-refractivity contribution in [2.45, 2.75) is 25.3 Å². The van der Waals surface area contributed by atoms with Gasteiger partial charge in [-0.25, -0.2) is 13.2 Å². The molecule has 0 fully saturated rings. The van der Waals surface area contributed by atoms with E-state index in [2.05, 4.69) is 14.9 Å². The van der Waals surface area contributed by atoms with Gasteiger partial charge in [0.15, 0.2) is 6.61 Å². The fourth-order valence-electron chi connectivity index (χ4n) is 3.17. The lowest BCUT2D eigenvalue weighted by Crippen LogP contribution is -2.17. The van der Waals surface area contributed by atoms with Crippen LogP contribution in [0.5, 0.6) is 0 Å². The van der Waals surface area contributed by atoms with Crippen LogP contribution in [-0.2, 0) is 21.4 Å². The molecule has 4 rings (SSSR count). The van der Waals surface area contributed by atoms with E-state index in [1.807, 2.05) is 6.07 Å². The maximum absolute atomic E-state index is 13.0. The Bertz CT molecular complexity index is 1450. The molecular formula is C24H20ClN3O5S. The van der Waals surface area contributed by atoms with Gasteiger partial charge >= 0.3 is 5.97 Å². The van der Waals surface area contributed by atoms with E-state index >= 15 is 0 Å². The van der Waals surface area contributed by atoms with Gasteiger partial charge in [-0.2, -0.15) is 0 Å². The predicted octanol–water partition coefficient (Wildman–Crippen LogP) is 5.16. The molecule has 0 atom stereocenters. The van der Waals surface area contributed by atoms with Crippen molar-refractivity contribution in [3.05, 3.63) is 94.3 Å². The minimum Gasteiger partial charge on any atom is -0.452 e. The average molecular weight is 498 g/mol. The zero-order valence-electron chi connectivity index (χ0n) is 18.3. The predicted molar refractivity (Wildman–Crippen MR) is 127 cm³/mol. The monoisotopic (exact) mass is 497 g/mol. The van der Waals surface area contributed by atoms with Crippen molar-refractivity contribution in [2.24, 2.45) is 0 Å². The summed E-state index contributed by atoms with van der Waals surface area (Å²) in [4.78, 5) is 12.9. The number of hydrogen-bond acceptors (Lipinski definition) is 7. The molecule has 0 aliphatic carbocycles. The fraction of sp³-hybridized carbons (Fsp3) is 0.125. The van der Waals surface area contributed by atoms with Gasteiger partial charge in [0.05, 0.1) is 16.1 Å². The van der Waals surface area contributed by atoms with Gasteiger partial charge < -0.3 is 9.15 Å². The highest BCUT2D eigenvalue weighted by Gasteiger charge is 2.21. The van der Waals surface area contributed by atoms with E-state index in [0.29, 0.717) is 16.1 Å². The number of benzene rings is 3. The van der Waals surface area contributed by atoms with E-state index in [4.69, 9.17) is 20.8 Å². The van der Waals surface area contributed by atoms with E-state index in [1.165, 1.54) is 12.1 Å². The molecule has 4 aromatic rings. The molecule has 0 aliphatic heterocycles. The number of rotatable bonds is 7. The quantitative estimate of drug-likeness (QED) is 0.351. The molecule has 1 aromatic heterocycles. The number of halogens is 1. The number of anilines is 1. The first-order valence-electron chi connectivity index (χ1n) is 10.2. The number of nitrogens with one attached hydrogen (secondary N) is 1. The number of nitrogens with zero attached hydrogens (tertiary/aromatic N) is 2. The lowest BCUT2D eigenvalue weighted by molar-refractivity contribution is 0.0440. The molecule has 0 saturated heterocycles. The smallest absolute Gasteiger partial charge is 0.340 e. The number of aryl methyl sites for hydroxylation is 2. The van der Waals surface area contributed by atoms with E-state index in [-0.39, 0.29) is 34.5 Å². The minimum absolute atomic E-state index is 0.0498. The molecule has 0 spiro atoms. The summed E-state index contributed by atoms with van der Waals surface area (Å²) >= 11 is 5.88. The van der Waals surface area contributed by atoms with Crippen molar-refractivity contribution in [1.29, 1.82) is 0 Å². The summed E-state index contributed by atoms with van der Waals surface area (Å²) in [5.41, 5.74) is 2.21. The Balaban J connectivity index is 1.49. The molecule has 0 saturated carbocycles. The van der Waals surface area contributed by atoms with Crippen LogP contribution in [0.4, 0.5) is 5.69 Å². The summed E-state index contributed by atoms with van der Waals surface area (Å²) in [5.74, 6) is -0.401. The number of hydrogen-bond donors (Lipinski definition) is 1. The molecule has 0 amide bonds. The molecule has 34 heavy (non-hydrogen) atoms. The molecular weight excluding hydrogens is 478 g/mol. The molecule has 0 aliphatic rings. The van der Waals surface area contributed by atoms with Gasteiger partial charge in [-0.05, 0) is 67.4 Å². The molecule has 0 unspecified atom stereocenters. The van der Waals surface area contributed by atoms with Gasteiger partial charge in [-0.15, -0.1) is 10.2 Å².